The third-order valence-corrected chi connectivity index (χ3v) is 3.66. The van der Waals surface area contributed by atoms with Gasteiger partial charge in [0.1, 0.15) is 11.3 Å². The molecule has 3 aromatic rings. The molecule has 0 bridgehead atoms. The van der Waals surface area contributed by atoms with Crippen LogP contribution in [0, 0.1) is 0 Å². The molecule has 2 heterocycles. The molecule has 0 atom stereocenters. The number of ether oxygens (including phenoxy) is 1. The Hall–Kier alpha value is -2.95. The van der Waals surface area contributed by atoms with Gasteiger partial charge in [0.2, 0.25) is 0 Å². The van der Waals surface area contributed by atoms with Crippen molar-refractivity contribution in [1.82, 2.24) is 0 Å². The van der Waals surface area contributed by atoms with Crippen LogP contribution in [0.1, 0.15) is 22.8 Å². The molecule has 5 nitrogen and oxygen atoms in total. The highest BCUT2D eigenvalue weighted by molar-refractivity contribution is 5.93. The number of hydrogen-bond acceptors (Lipinski definition) is 4. The molecular weight excluding hydrogens is 294 g/mol. The van der Waals surface area contributed by atoms with Gasteiger partial charge in [0.25, 0.3) is 0 Å². The van der Waals surface area contributed by atoms with E-state index in [1.807, 2.05) is 29.0 Å². The molecule has 0 aliphatic carbocycles. The number of pyridine rings is 1. The van der Waals surface area contributed by atoms with E-state index in [9.17, 15) is 9.59 Å². The average Bonchev–Trinajstić information content (AvgIpc) is 2.54. The monoisotopic (exact) mass is 310 g/mol. The Labute approximate surface area is 132 Å². The number of benzene rings is 1. The molecule has 0 saturated carbocycles. The highest BCUT2D eigenvalue weighted by Crippen LogP contribution is 2.22. The number of Topliss-reactive ketones (excluding diaryl/α,β-unsaturated/α-hetero) is 1. The van der Waals surface area contributed by atoms with Crippen LogP contribution in [0.4, 0.5) is 0 Å². The van der Waals surface area contributed by atoms with Crippen molar-refractivity contribution in [3.05, 3.63) is 70.3 Å². The fourth-order valence-corrected chi connectivity index (χ4v) is 2.49. The maximum absolute atomic E-state index is 11.8. The second-order valence-corrected chi connectivity index (χ2v) is 5.27. The Bertz CT molecular complexity index is 943. The molecule has 0 N–H and O–H groups in total. The van der Waals surface area contributed by atoms with Gasteiger partial charge in [-0.3, -0.25) is 4.79 Å². The predicted octanol–water partition coefficient (Wildman–Crippen LogP) is 2.34. The summed E-state index contributed by atoms with van der Waals surface area (Å²) in [6.45, 7) is 1.99. The Morgan fingerprint density at radius 2 is 2.09 bits per heavy atom. The summed E-state index contributed by atoms with van der Waals surface area (Å²) in [5.41, 5.74) is 1.52. The lowest BCUT2D eigenvalue weighted by molar-refractivity contribution is -0.688. The number of hydrogen-bond donors (Lipinski definition) is 0. The predicted molar refractivity (Wildman–Crippen MR) is 84.8 cm³/mol. The molecule has 0 unspecified atom stereocenters. The molecule has 0 aliphatic heterocycles. The van der Waals surface area contributed by atoms with Gasteiger partial charge < -0.3 is 9.15 Å². The maximum atomic E-state index is 11.8. The summed E-state index contributed by atoms with van der Waals surface area (Å²) < 4.78 is 12.3. The molecule has 1 aromatic carbocycles. The quantitative estimate of drug-likeness (QED) is 0.421. The van der Waals surface area contributed by atoms with Gasteiger partial charge in [-0.15, -0.1) is 0 Å². The highest BCUT2D eigenvalue weighted by atomic mass is 16.5. The molecule has 23 heavy (non-hydrogen) atoms. The molecule has 0 amide bonds. The SMILES string of the molecule is COc1ccc2c(C[n+]3cccc(C(C)=O)c3)cc(=O)oc2c1. The number of carbonyl (C=O) groups excluding carboxylic acids is 1. The lowest BCUT2D eigenvalue weighted by Crippen LogP contribution is -2.34. The zero-order valence-electron chi connectivity index (χ0n) is 12.9. The van der Waals surface area contributed by atoms with Crippen LogP contribution in [-0.4, -0.2) is 12.9 Å². The Balaban J connectivity index is 2.07. The lowest BCUT2D eigenvalue weighted by atomic mass is 10.1. The van der Waals surface area contributed by atoms with E-state index in [0.717, 1.165) is 10.9 Å². The van der Waals surface area contributed by atoms with Crippen molar-refractivity contribution in [3.8, 4) is 5.75 Å². The number of methoxy groups -OCH3 is 1. The molecule has 0 fully saturated rings. The second-order valence-electron chi connectivity index (χ2n) is 5.27. The summed E-state index contributed by atoms with van der Waals surface area (Å²) in [5, 5.41) is 0.839. The summed E-state index contributed by atoms with van der Waals surface area (Å²) in [6.07, 6.45) is 3.63. The fraction of sp³-hybridized carbons (Fsp3) is 0.167. The van der Waals surface area contributed by atoms with Crippen molar-refractivity contribution in [2.75, 3.05) is 7.11 Å². The van der Waals surface area contributed by atoms with Crippen LogP contribution in [0.5, 0.6) is 5.75 Å². The van der Waals surface area contributed by atoms with E-state index in [-0.39, 0.29) is 5.78 Å². The molecule has 2 aromatic heterocycles. The van der Waals surface area contributed by atoms with Crippen LogP contribution in [0.15, 0.2) is 58.0 Å². The van der Waals surface area contributed by atoms with Crippen molar-refractivity contribution in [2.45, 2.75) is 13.5 Å². The van der Waals surface area contributed by atoms with Crippen LogP contribution in [-0.2, 0) is 6.54 Å². The summed E-state index contributed by atoms with van der Waals surface area (Å²) in [5.74, 6) is 0.630. The van der Waals surface area contributed by atoms with Crippen molar-refractivity contribution in [3.63, 3.8) is 0 Å². The minimum atomic E-state index is -0.413. The van der Waals surface area contributed by atoms with E-state index in [1.54, 1.807) is 25.4 Å². The van der Waals surface area contributed by atoms with E-state index in [0.29, 0.717) is 23.4 Å². The minimum Gasteiger partial charge on any atom is -0.497 e. The van der Waals surface area contributed by atoms with Crippen molar-refractivity contribution < 1.29 is 18.5 Å². The highest BCUT2D eigenvalue weighted by Gasteiger charge is 2.12. The van der Waals surface area contributed by atoms with Crippen molar-refractivity contribution in [2.24, 2.45) is 0 Å². The van der Waals surface area contributed by atoms with Crippen LogP contribution in [0.3, 0.4) is 0 Å². The molecule has 0 saturated heterocycles. The third kappa shape index (κ3) is 3.13. The topological polar surface area (TPSA) is 60.4 Å². The molecular formula is C18H16NO4+. The van der Waals surface area contributed by atoms with Crippen LogP contribution in [0.25, 0.3) is 11.0 Å². The van der Waals surface area contributed by atoms with Gasteiger partial charge in [0.15, 0.2) is 24.7 Å². The molecule has 3 rings (SSSR count). The van der Waals surface area contributed by atoms with Crippen molar-refractivity contribution >= 4 is 16.8 Å². The molecule has 0 aliphatic rings. The summed E-state index contributed by atoms with van der Waals surface area (Å²) in [6, 6.07) is 10.4. The zero-order chi connectivity index (χ0) is 16.4. The first-order chi connectivity index (χ1) is 11.1. The molecule has 116 valence electrons. The first-order valence-electron chi connectivity index (χ1n) is 7.17. The summed E-state index contributed by atoms with van der Waals surface area (Å²) >= 11 is 0. The van der Waals surface area contributed by atoms with E-state index < -0.39 is 5.63 Å². The van der Waals surface area contributed by atoms with Gasteiger partial charge in [0.05, 0.1) is 12.7 Å². The standard InChI is InChI=1S/C18H16NO4/c1-12(20)13-4-3-7-19(10-13)11-14-8-18(21)23-17-9-15(22-2)5-6-16(14)17/h3-10H,11H2,1-2H3/q+1. The third-order valence-electron chi connectivity index (χ3n) is 3.66. The number of rotatable bonds is 4. The van der Waals surface area contributed by atoms with Gasteiger partial charge in [0, 0.05) is 29.1 Å². The molecule has 0 radical (unpaired) electrons. The largest absolute Gasteiger partial charge is 0.497 e. The minimum absolute atomic E-state index is 0.00141. The summed E-state index contributed by atoms with van der Waals surface area (Å²) in [7, 11) is 1.56. The van der Waals surface area contributed by atoms with Crippen LogP contribution < -0.4 is 14.9 Å². The zero-order valence-corrected chi connectivity index (χ0v) is 12.9. The molecule has 5 heteroatoms. The Morgan fingerprint density at radius 3 is 2.83 bits per heavy atom. The first kappa shape index (κ1) is 15.0. The van der Waals surface area contributed by atoms with Crippen LogP contribution >= 0.6 is 0 Å². The van der Waals surface area contributed by atoms with Gasteiger partial charge >= 0.3 is 5.63 Å². The number of fused-ring (bicyclic) bond motifs is 1. The van der Waals surface area contributed by atoms with Gasteiger partial charge in [-0.05, 0) is 25.1 Å². The number of ketones is 1. The average molecular weight is 310 g/mol. The number of nitrogens with zero attached hydrogens (tertiary/aromatic N) is 1. The van der Waals surface area contributed by atoms with Gasteiger partial charge in [-0.25, -0.2) is 9.36 Å². The van der Waals surface area contributed by atoms with E-state index in [2.05, 4.69) is 0 Å². The van der Waals surface area contributed by atoms with Crippen molar-refractivity contribution in [1.29, 1.82) is 0 Å². The Morgan fingerprint density at radius 1 is 1.26 bits per heavy atom. The van der Waals surface area contributed by atoms with Crippen LogP contribution in [0.2, 0.25) is 0 Å². The van der Waals surface area contributed by atoms with E-state index in [4.69, 9.17) is 9.15 Å². The van der Waals surface area contributed by atoms with E-state index in [1.165, 1.54) is 13.0 Å². The van der Waals surface area contributed by atoms with Gasteiger partial charge in [-0.1, -0.05) is 0 Å². The normalized spacial score (nSPS) is 10.7. The maximum Gasteiger partial charge on any atom is 0.336 e. The first-order valence-corrected chi connectivity index (χ1v) is 7.17. The second kappa shape index (κ2) is 6.04. The summed E-state index contributed by atoms with van der Waals surface area (Å²) in [4.78, 5) is 23.3. The van der Waals surface area contributed by atoms with Gasteiger partial charge in [-0.2, -0.15) is 0 Å². The number of aromatic nitrogens is 1. The smallest absolute Gasteiger partial charge is 0.336 e. The molecule has 0 spiro atoms. The lowest BCUT2D eigenvalue weighted by Gasteiger charge is -2.05. The Kier molecular flexibility index (Phi) is 3.93. The van der Waals surface area contributed by atoms with E-state index >= 15 is 0 Å². The number of carbonyl (C=O) groups is 1. The fourth-order valence-electron chi connectivity index (χ4n) is 2.49.